The van der Waals surface area contributed by atoms with Crippen LogP contribution in [-0.4, -0.2) is 55.1 Å². The molecule has 0 aliphatic carbocycles. The number of fused-ring (bicyclic) bond motifs is 4. The van der Waals surface area contributed by atoms with Gasteiger partial charge < -0.3 is 30.0 Å². The van der Waals surface area contributed by atoms with Crippen LogP contribution in [-0.2, 0) is 25.6 Å². The Bertz CT molecular complexity index is 1090. The molecule has 0 radical (unpaired) electrons. The van der Waals surface area contributed by atoms with E-state index in [-0.39, 0.29) is 36.9 Å². The predicted octanol–water partition coefficient (Wildman–Crippen LogP) is 3.41. The number of hydrogen-bond donors (Lipinski definition) is 3. The van der Waals surface area contributed by atoms with Gasteiger partial charge in [0.25, 0.3) is 0 Å². The molecular weight excluding hydrogens is 484 g/mol. The van der Waals surface area contributed by atoms with Crippen LogP contribution < -0.4 is 15.4 Å². The number of carbonyl (C=O) groups is 2. The van der Waals surface area contributed by atoms with Crippen LogP contribution in [0.4, 0.5) is 5.69 Å². The molecule has 3 aliphatic rings. The second kappa shape index (κ2) is 11.2. The Balaban J connectivity index is 1.32. The van der Waals surface area contributed by atoms with Crippen molar-refractivity contribution in [3.63, 3.8) is 0 Å². The van der Waals surface area contributed by atoms with Gasteiger partial charge >= 0.3 is 0 Å². The fourth-order valence-electron chi connectivity index (χ4n) is 5.34. The Morgan fingerprint density at radius 2 is 1.94 bits per heavy atom. The topological polar surface area (TPSA) is 106 Å². The number of ether oxygens (including phenoxy) is 3. The molecule has 2 aromatic rings. The molecule has 36 heavy (non-hydrogen) atoms. The molecule has 2 aromatic carbocycles. The number of rotatable bonds is 7. The molecular formula is C27H31ClN2O6. The summed E-state index contributed by atoms with van der Waals surface area (Å²) in [7, 11) is 0. The lowest BCUT2D eigenvalue weighted by atomic mass is 9.76. The Labute approximate surface area is 215 Å². The molecule has 0 saturated carbocycles. The Kier molecular flexibility index (Phi) is 7.76. The number of anilines is 1. The predicted molar refractivity (Wildman–Crippen MR) is 134 cm³/mol. The first-order valence-corrected chi connectivity index (χ1v) is 12.8. The van der Waals surface area contributed by atoms with Gasteiger partial charge in [-0.05, 0) is 42.3 Å². The van der Waals surface area contributed by atoms with E-state index in [1.807, 2.05) is 30.3 Å². The van der Waals surface area contributed by atoms with Crippen LogP contribution >= 0.6 is 11.6 Å². The summed E-state index contributed by atoms with van der Waals surface area (Å²) in [6.45, 7) is 1.39. The number of halogens is 1. The molecule has 0 aromatic heterocycles. The van der Waals surface area contributed by atoms with Crippen molar-refractivity contribution >= 4 is 29.1 Å². The second-order valence-electron chi connectivity index (χ2n) is 9.63. The van der Waals surface area contributed by atoms with Crippen LogP contribution in [0.1, 0.15) is 42.7 Å². The summed E-state index contributed by atoms with van der Waals surface area (Å²) in [6.07, 6.45) is 1.11. The van der Waals surface area contributed by atoms with Crippen LogP contribution in [0, 0.1) is 5.92 Å². The first-order valence-electron chi connectivity index (χ1n) is 12.5. The molecule has 3 heterocycles. The summed E-state index contributed by atoms with van der Waals surface area (Å²) >= 11 is 5.93. The van der Waals surface area contributed by atoms with E-state index in [0.717, 1.165) is 29.7 Å². The lowest BCUT2D eigenvalue weighted by molar-refractivity contribution is -0.148. The quantitative estimate of drug-likeness (QED) is 0.523. The molecule has 9 heteroatoms. The molecule has 5 rings (SSSR count). The number of aliphatic hydroxyl groups is 1. The third-order valence-electron chi connectivity index (χ3n) is 7.16. The third-order valence-corrected chi connectivity index (χ3v) is 7.41. The number of aliphatic hydroxyl groups excluding tert-OH is 1. The molecule has 0 unspecified atom stereocenters. The standard InChI is InChI=1S/C27H31ClN2O6/c28-17-3-1-16(2-4-17)14-29-25(32)13-20-12-22-21-11-18(30-27(33)26(22)24(15-31)36-20)5-6-23(21)35-19-7-9-34-10-8-19/h1-6,11,19-20,22,24,26,31H,7-10,12-15H2,(H,29,32)(H,30,33)/t20-,22+,24-,26-/m0/s1. The van der Waals surface area contributed by atoms with Gasteiger partial charge in [0.1, 0.15) is 11.9 Å². The summed E-state index contributed by atoms with van der Waals surface area (Å²) in [5.41, 5.74) is 2.55. The van der Waals surface area contributed by atoms with Crippen LogP contribution in [0.3, 0.4) is 0 Å². The summed E-state index contributed by atoms with van der Waals surface area (Å²) in [5, 5.41) is 16.6. The minimum atomic E-state index is -0.719. The van der Waals surface area contributed by atoms with Crippen molar-refractivity contribution in [1.82, 2.24) is 5.32 Å². The highest BCUT2D eigenvalue weighted by atomic mass is 35.5. The van der Waals surface area contributed by atoms with Gasteiger partial charge in [0, 0.05) is 41.6 Å². The van der Waals surface area contributed by atoms with Crippen molar-refractivity contribution < 1.29 is 28.9 Å². The normalized spacial score (nSPS) is 25.9. The first kappa shape index (κ1) is 25.0. The van der Waals surface area contributed by atoms with Crippen molar-refractivity contribution in [2.45, 2.75) is 56.5 Å². The van der Waals surface area contributed by atoms with Gasteiger partial charge in [-0.25, -0.2) is 0 Å². The summed E-state index contributed by atoms with van der Waals surface area (Å²) in [6, 6.07) is 13.0. The van der Waals surface area contributed by atoms with Gasteiger partial charge in [0.2, 0.25) is 11.8 Å². The van der Waals surface area contributed by atoms with Gasteiger partial charge in [-0.1, -0.05) is 23.7 Å². The van der Waals surface area contributed by atoms with E-state index in [1.54, 1.807) is 12.1 Å². The van der Waals surface area contributed by atoms with Crippen LogP contribution in [0.5, 0.6) is 5.75 Å². The lowest BCUT2D eigenvalue weighted by Crippen LogP contribution is -2.48. The van der Waals surface area contributed by atoms with Gasteiger partial charge in [-0.2, -0.15) is 0 Å². The minimum Gasteiger partial charge on any atom is -0.490 e. The molecule has 2 amide bonds. The Hall–Kier alpha value is -2.65. The smallest absolute Gasteiger partial charge is 0.230 e. The zero-order valence-electron chi connectivity index (χ0n) is 20.0. The highest BCUT2D eigenvalue weighted by Gasteiger charge is 2.46. The number of hydrogen-bond acceptors (Lipinski definition) is 6. The van der Waals surface area contributed by atoms with Gasteiger partial charge in [-0.15, -0.1) is 0 Å². The zero-order chi connectivity index (χ0) is 25.1. The van der Waals surface area contributed by atoms with Gasteiger partial charge in [-0.3, -0.25) is 9.59 Å². The van der Waals surface area contributed by atoms with Gasteiger partial charge in [0.15, 0.2) is 0 Å². The van der Waals surface area contributed by atoms with Crippen LogP contribution in [0.2, 0.25) is 5.02 Å². The second-order valence-corrected chi connectivity index (χ2v) is 10.1. The van der Waals surface area contributed by atoms with E-state index in [0.29, 0.717) is 36.9 Å². The molecule has 192 valence electrons. The molecule has 3 N–H and O–H groups in total. The maximum atomic E-state index is 13.1. The average Bonchev–Trinajstić information content (AvgIpc) is 2.99. The Morgan fingerprint density at radius 1 is 1.17 bits per heavy atom. The van der Waals surface area contributed by atoms with Crippen molar-refractivity contribution in [3.05, 3.63) is 58.6 Å². The first-order chi connectivity index (χ1) is 17.5. The Morgan fingerprint density at radius 3 is 2.69 bits per heavy atom. The monoisotopic (exact) mass is 514 g/mol. The van der Waals surface area contributed by atoms with Crippen molar-refractivity contribution in [2.24, 2.45) is 5.92 Å². The summed E-state index contributed by atoms with van der Waals surface area (Å²) in [5.74, 6) is -0.442. The van der Waals surface area contributed by atoms with Crippen LogP contribution in [0.25, 0.3) is 0 Å². The third kappa shape index (κ3) is 5.67. The van der Waals surface area contributed by atoms with E-state index < -0.39 is 18.1 Å². The van der Waals surface area contributed by atoms with E-state index in [1.165, 1.54) is 0 Å². The van der Waals surface area contributed by atoms with Crippen molar-refractivity contribution in [3.8, 4) is 5.75 Å². The van der Waals surface area contributed by atoms with E-state index >= 15 is 0 Å². The minimum absolute atomic E-state index is 0.0501. The summed E-state index contributed by atoms with van der Waals surface area (Å²) in [4.78, 5) is 25.9. The molecule has 3 aliphatic heterocycles. The van der Waals surface area contributed by atoms with Crippen molar-refractivity contribution in [2.75, 3.05) is 25.1 Å². The molecule has 0 spiro atoms. The van der Waals surface area contributed by atoms with E-state index in [9.17, 15) is 14.7 Å². The lowest BCUT2D eigenvalue weighted by Gasteiger charge is -2.40. The fourth-order valence-corrected chi connectivity index (χ4v) is 5.47. The summed E-state index contributed by atoms with van der Waals surface area (Å²) < 4.78 is 17.9. The maximum absolute atomic E-state index is 13.1. The van der Waals surface area contributed by atoms with Gasteiger partial charge in [0.05, 0.1) is 44.4 Å². The van der Waals surface area contributed by atoms with E-state index in [4.69, 9.17) is 25.8 Å². The number of nitrogens with one attached hydrogen (secondary N) is 2. The molecule has 4 atom stereocenters. The highest BCUT2D eigenvalue weighted by molar-refractivity contribution is 6.30. The highest BCUT2D eigenvalue weighted by Crippen LogP contribution is 2.46. The van der Waals surface area contributed by atoms with Crippen molar-refractivity contribution in [1.29, 1.82) is 0 Å². The van der Waals surface area contributed by atoms with E-state index in [2.05, 4.69) is 10.6 Å². The molecule has 2 fully saturated rings. The van der Waals surface area contributed by atoms with Crippen LogP contribution in [0.15, 0.2) is 42.5 Å². The molecule has 2 saturated heterocycles. The average molecular weight is 515 g/mol. The maximum Gasteiger partial charge on any atom is 0.230 e. The largest absolute Gasteiger partial charge is 0.490 e. The fraction of sp³-hybridized carbons (Fsp3) is 0.481. The number of carbonyl (C=O) groups excluding carboxylic acids is 2. The SMILES string of the molecule is O=C(C[C@@H]1C[C@@H]2c3cc(ccc3OC3CCOCC3)NC(=O)[C@@H]2[C@H](CO)O1)NCc1ccc(Cl)cc1. The zero-order valence-corrected chi connectivity index (χ0v) is 20.7. The number of benzene rings is 2. The molecule has 2 bridgehead atoms. The number of amides is 2. The molecule has 8 nitrogen and oxygen atoms in total.